The van der Waals surface area contributed by atoms with Crippen molar-refractivity contribution in [3.8, 4) is 0 Å². The zero-order valence-electron chi connectivity index (χ0n) is 10.4. The number of sulfone groups is 1. The van der Waals surface area contributed by atoms with Crippen LogP contribution in [-0.2, 0) is 20.0 Å². The first kappa shape index (κ1) is 14.7. The molecule has 0 saturated carbocycles. The van der Waals surface area contributed by atoms with E-state index in [-0.39, 0.29) is 4.90 Å². The van der Waals surface area contributed by atoms with Crippen LogP contribution in [0.3, 0.4) is 0 Å². The number of aliphatic carboxylic acids is 1. The number of aliphatic hydroxyl groups is 1. The lowest BCUT2D eigenvalue weighted by molar-refractivity contribution is -0.150. The van der Waals surface area contributed by atoms with Gasteiger partial charge in [-0.25, -0.2) is 13.2 Å². The third-order valence-electron chi connectivity index (χ3n) is 2.94. The van der Waals surface area contributed by atoms with E-state index in [0.29, 0.717) is 5.56 Å². The Morgan fingerprint density at radius 1 is 1.22 bits per heavy atom. The van der Waals surface area contributed by atoms with E-state index in [1.165, 1.54) is 24.3 Å². The van der Waals surface area contributed by atoms with Crippen molar-refractivity contribution in [1.29, 1.82) is 0 Å². The highest BCUT2D eigenvalue weighted by Crippen LogP contribution is 2.28. The van der Waals surface area contributed by atoms with Gasteiger partial charge in [-0.05, 0) is 17.7 Å². The number of hydrogen-bond acceptors (Lipinski definition) is 4. The van der Waals surface area contributed by atoms with E-state index in [2.05, 4.69) is 0 Å². The standard InChI is InChI=1S/C12H16O5S/c1-12(2,10(13)11(14)15)8-4-6-9(7-5-8)18(3,16)17/h4-7,10,13H,1-3H3,(H,14,15). The summed E-state index contributed by atoms with van der Waals surface area (Å²) >= 11 is 0. The molecule has 0 bridgehead atoms. The van der Waals surface area contributed by atoms with Crippen LogP contribution in [0.1, 0.15) is 19.4 Å². The minimum atomic E-state index is -3.28. The lowest BCUT2D eigenvalue weighted by Crippen LogP contribution is -2.39. The lowest BCUT2D eigenvalue weighted by atomic mass is 9.79. The van der Waals surface area contributed by atoms with Crippen LogP contribution in [0.25, 0.3) is 0 Å². The molecule has 1 unspecified atom stereocenters. The molecule has 0 amide bonds. The molecule has 5 nitrogen and oxygen atoms in total. The Balaban J connectivity index is 3.16. The molecule has 2 N–H and O–H groups in total. The summed E-state index contributed by atoms with van der Waals surface area (Å²) in [5, 5.41) is 18.4. The zero-order valence-corrected chi connectivity index (χ0v) is 11.2. The summed E-state index contributed by atoms with van der Waals surface area (Å²) in [7, 11) is -3.28. The summed E-state index contributed by atoms with van der Waals surface area (Å²) in [5.41, 5.74) is -0.438. The fourth-order valence-corrected chi connectivity index (χ4v) is 2.23. The van der Waals surface area contributed by atoms with E-state index in [1.807, 2.05) is 0 Å². The fourth-order valence-electron chi connectivity index (χ4n) is 1.60. The molecule has 1 atom stereocenters. The first-order valence-corrected chi connectivity index (χ1v) is 7.17. The third-order valence-corrected chi connectivity index (χ3v) is 4.07. The molecule has 0 fully saturated rings. The Labute approximate surface area is 106 Å². The number of hydrogen-bond donors (Lipinski definition) is 2. The number of rotatable bonds is 4. The number of carboxylic acid groups (broad SMARTS) is 1. The van der Waals surface area contributed by atoms with Crippen molar-refractivity contribution in [1.82, 2.24) is 0 Å². The fraction of sp³-hybridized carbons (Fsp3) is 0.417. The molecule has 0 saturated heterocycles. The first-order chi connectivity index (χ1) is 8.06. The summed E-state index contributed by atoms with van der Waals surface area (Å²) in [6, 6.07) is 5.84. The predicted molar refractivity (Wildman–Crippen MR) is 66.2 cm³/mol. The molecular formula is C12H16O5S. The van der Waals surface area contributed by atoms with Gasteiger partial charge in [0.25, 0.3) is 0 Å². The van der Waals surface area contributed by atoms with Crippen molar-refractivity contribution >= 4 is 15.8 Å². The predicted octanol–water partition coefficient (Wildman–Crippen LogP) is 0.813. The molecule has 0 aromatic heterocycles. The molecule has 0 heterocycles. The van der Waals surface area contributed by atoms with Crippen LogP contribution in [0.15, 0.2) is 29.2 Å². The highest BCUT2D eigenvalue weighted by Gasteiger charge is 2.35. The third kappa shape index (κ3) is 2.88. The molecule has 18 heavy (non-hydrogen) atoms. The van der Waals surface area contributed by atoms with Crippen LogP contribution in [-0.4, -0.2) is 37.0 Å². The van der Waals surface area contributed by atoms with Crippen molar-refractivity contribution < 1.29 is 23.4 Å². The smallest absolute Gasteiger partial charge is 0.333 e. The molecular weight excluding hydrogens is 256 g/mol. The largest absolute Gasteiger partial charge is 0.479 e. The van der Waals surface area contributed by atoms with Gasteiger partial charge in [-0.2, -0.15) is 0 Å². The summed E-state index contributed by atoms with van der Waals surface area (Å²) < 4.78 is 22.6. The van der Waals surface area contributed by atoms with Crippen molar-refractivity contribution in [2.45, 2.75) is 30.3 Å². The molecule has 1 aromatic rings. The molecule has 0 spiro atoms. The van der Waals surface area contributed by atoms with E-state index < -0.39 is 27.3 Å². The van der Waals surface area contributed by atoms with Gasteiger partial charge in [0, 0.05) is 11.7 Å². The van der Waals surface area contributed by atoms with Crippen LogP contribution >= 0.6 is 0 Å². The van der Waals surface area contributed by atoms with Crippen LogP contribution in [0, 0.1) is 0 Å². The second kappa shape index (κ2) is 4.70. The van der Waals surface area contributed by atoms with Gasteiger partial charge in [-0.3, -0.25) is 0 Å². The van der Waals surface area contributed by atoms with Gasteiger partial charge in [-0.15, -0.1) is 0 Å². The van der Waals surface area contributed by atoms with E-state index >= 15 is 0 Å². The minimum Gasteiger partial charge on any atom is -0.479 e. The molecule has 0 aliphatic carbocycles. The average Bonchev–Trinajstić information content (AvgIpc) is 2.26. The summed E-state index contributed by atoms with van der Waals surface area (Å²) in [4.78, 5) is 11.0. The summed E-state index contributed by atoms with van der Waals surface area (Å²) in [6.45, 7) is 3.17. The van der Waals surface area contributed by atoms with Crippen LogP contribution in [0.4, 0.5) is 0 Å². The Bertz CT molecular complexity index is 542. The van der Waals surface area contributed by atoms with Crippen LogP contribution in [0.5, 0.6) is 0 Å². The molecule has 0 aliphatic rings. The van der Waals surface area contributed by atoms with Gasteiger partial charge < -0.3 is 10.2 Å². The molecule has 6 heteroatoms. The number of carbonyl (C=O) groups is 1. The maximum atomic E-state index is 11.3. The maximum absolute atomic E-state index is 11.3. The van der Waals surface area contributed by atoms with Gasteiger partial charge in [-0.1, -0.05) is 26.0 Å². The minimum absolute atomic E-state index is 0.159. The Kier molecular flexibility index (Phi) is 3.83. The van der Waals surface area contributed by atoms with Gasteiger partial charge in [0.05, 0.1) is 4.90 Å². The van der Waals surface area contributed by atoms with E-state index in [4.69, 9.17) is 5.11 Å². The topological polar surface area (TPSA) is 91.7 Å². The van der Waals surface area contributed by atoms with Crippen molar-refractivity contribution in [2.75, 3.05) is 6.26 Å². The Morgan fingerprint density at radius 3 is 2.00 bits per heavy atom. The van der Waals surface area contributed by atoms with Crippen molar-refractivity contribution in [3.05, 3.63) is 29.8 Å². The van der Waals surface area contributed by atoms with E-state index in [9.17, 15) is 18.3 Å². The highest BCUT2D eigenvalue weighted by molar-refractivity contribution is 7.90. The second-order valence-corrected chi connectivity index (χ2v) is 6.77. The maximum Gasteiger partial charge on any atom is 0.333 e. The van der Waals surface area contributed by atoms with Gasteiger partial charge in [0.15, 0.2) is 15.9 Å². The van der Waals surface area contributed by atoms with Crippen LogP contribution < -0.4 is 0 Å². The Morgan fingerprint density at radius 2 is 1.67 bits per heavy atom. The monoisotopic (exact) mass is 272 g/mol. The molecule has 0 radical (unpaired) electrons. The van der Waals surface area contributed by atoms with Crippen molar-refractivity contribution in [3.63, 3.8) is 0 Å². The summed E-state index contributed by atoms with van der Waals surface area (Å²) in [5.74, 6) is -1.31. The SMILES string of the molecule is CC(C)(c1ccc(S(C)(=O)=O)cc1)C(O)C(=O)O. The number of aliphatic hydroxyl groups excluding tert-OH is 1. The molecule has 0 aliphatic heterocycles. The summed E-state index contributed by atoms with van der Waals surface area (Å²) in [6.07, 6.45) is -0.458. The Hall–Kier alpha value is -1.40. The van der Waals surface area contributed by atoms with Gasteiger partial charge in [0.1, 0.15) is 0 Å². The lowest BCUT2D eigenvalue weighted by Gasteiger charge is -2.28. The highest BCUT2D eigenvalue weighted by atomic mass is 32.2. The van der Waals surface area contributed by atoms with E-state index in [1.54, 1.807) is 13.8 Å². The second-order valence-electron chi connectivity index (χ2n) is 4.76. The van der Waals surface area contributed by atoms with Crippen LogP contribution in [0.2, 0.25) is 0 Å². The normalized spacial score (nSPS) is 14.2. The van der Waals surface area contributed by atoms with E-state index in [0.717, 1.165) is 6.26 Å². The number of carboxylic acids is 1. The van der Waals surface area contributed by atoms with Gasteiger partial charge in [0.2, 0.25) is 0 Å². The quantitative estimate of drug-likeness (QED) is 0.846. The number of benzene rings is 1. The molecule has 100 valence electrons. The molecule has 1 aromatic carbocycles. The molecule has 1 rings (SSSR count). The van der Waals surface area contributed by atoms with Crippen molar-refractivity contribution in [2.24, 2.45) is 0 Å². The zero-order chi connectivity index (χ0) is 14.1. The average molecular weight is 272 g/mol. The van der Waals surface area contributed by atoms with Gasteiger partial charge >= 0.3 is 5.97 Å². The first-order valence-electron chi connectivity index (χ1n) is 5.28.